The summed E-state index contributed by atoms with van der Waals surface area (Å²) in [7, 11) is 0. The summed E-state index contributed by atoms with van der Waals surface area (Å²) in [5.74, 6) is -0.289. The third kappa shape index (κ3) is 2.00. The van der Waals surface area contributed by atoms with Gasteiger partial charge >= 0.3 is 6.18 Å². The average Bonchev–Trinajstić information content (AvgIpc) is 2.37. The highest BCUT2D eigenvalue weighted by molar-refractivity contribution is 5.97. The Morgan fingerprint density at radius 1 is 1.26 bits per heavy atom. The number of nitrogens with one attached hydrogen (secondary N) is 1. The van der Waals surface area contributed by atoms with E-state index in [1.54, 1.807) is 24.3 Å². The van der Waals surface area contributed by atoms with Crippen molar-refractivity contribution in [2.75, 3.05) is 13.1 Å². The van der Waals surface area contributed by atoms with Gasteiger partial charge in [0.1, 0.15) is 6.04 Å². The first-order chi connectivity index (χ1) is 8.98. The van der Waals surface area contributed by atoms with E-state index in [-0.39, 0.29) is 18.9 Å². The summed E-state index contributed by atoms with van der Waals surface area (Å²) in [5, 5.41) is 2.49. The molecule has 1 saturated heterocycles. The Hall–Kier alpha value is -1.56. The number of piperazine rings is 1. The van der Waals surface area contributed by atoms with E-state index in [0.29, 0.717) is 17.7 Å². The normalized spacial score (nSPS) is 26.9. The van der Waals surface area contributed by atoms with Gasteiger partial charge in [0.15, 0.2) is 0 Å². The highest BCUT2D eigenvalue weighted by atomic mass is 19.4. The molecule has 2 aliphatic heterocycles. The second kappa shape index (κ2) is 4.23. The van der Waals surface area contributed by atoms with Gasteiger partial charge in [0.25, 0.3) is 5.91 Å². The van der Waals surface area contributed by atoms with Crippen LogP contribution in [-0.2, 0) is 6.42 Å². The molecule has 0 aliphatic carbocycles. The van der Waals surface area contributed by atoms with Crippen molar-refractivity contribution in [3.05, 3.63) is 35.4 Å². The fourth-order valence-electron chi connectivity index (χ4n) is 2.92. The predicted octanol–water partition coefficient (Wildman–Crippen LogP) is 1.59. The summed E-state index contributed by atoms with van der Waals surface area (Å²) >= 11 is 0. The first kappa shape index (κ1) is 12.5. The maximum atomic E-state index is 13.0. The van der Waals surface area contributed by atoms with Crippen LogP contribution in [0.15, 0.2) is 24.3 Å². The smallest absolute Gasteiger partial charge is 0.332 e. The maximum Gasteiger partial charge on any atom is 0.405 e. The largest absolute Gasteiger partial charge is 0.405 e. The molecule has 1 aromatic rings. The van der Waals surface area contributed by atoms with Crippen molar-refractivity contribution in [1.29, 1.82) is 0 Å². The van der Waals surface area contributed by atoms with Gasteiger partial charge in [-0.25, -0.2) is 0 Å². The van der Waals surface area contributed by atoms with Gasteiger partial charge in [-0.2, -0.15) is 13.2 Å². The van der Waals surface area contributed by atoms with Crippen LogP contribution >= 0.6 is 0 Å². The second-order valence-electron chi connectivity index (χ2n) is 4.90. The molecule has 3 rings (SSSR count). The molecule has 6 heteroatoms. The van der Waals surface area contributed by atoms with Gasteiger partial charge in [0.05, 0.1) is 6.04 Å². The van der Waals surface area contributed by atoms with Crippen molar-refractivity contribution >= 4 is 5.91 Å². The zero-order valence-corrected chi connectivity index (χ0v) is 10.1. The number of fused-ring (bicyclic) bond motifs is 2. The molecule has 2 unspecified atom stereocenters. The van der Waals surface area contributed by atoms with E-state index in [2.05, 4.69) is 5.32 Å². The van der Waals surface area contributed by atoms with E-state index >= 15 is 0 Å². The summed E-state index contributed by atoms with van der Waals surface area (Å²) < 4.78 is 39.0. The molecule has 3 nitrogen and oxygen atoms in total. The number of alkyl halides is 3. The number of rotatable bonds is 0. The Labute approximate surface area is 108 Å². The third-order valence-electron chi connectivity index (χ3n) is 3.79. The van der Waals surface area contributed by atoms with Gasteiger partial charge in [0.2, 0.25) is 0 Å². The van der Waals surface area contributed by atoms with Crippen LogP contribution in [-0.4, -0.2) is 42.2 Å². The molecule has 0 radical (unpaired) electrons. The van der Waals surface area contributed by atoms with Crippen molar-refractivity contribution in [3.63, 3.8) is 0 Å². The fourth-order valence-corrected chi connectivity index (χ4v) is 2.92. The van der Waals surface area contributed by atoms with E-state index < -0.39 is 18.3 Å². The number of carbonyl (C=O) groups excluding carboxylic acids is 1. The highest BCUT2D eigenvalue weighted by Crippen LogP contribution is 2.33. The maximum absolute atomic E-state index is 13.0. The van der Waals surface area contributed by atoms with E-state index in [4.69, 9.17) is 0 Å². The Morgan fingerprint density at radius 3 is 2.74 bits per heavy atom. The zero-order chi connectivity index (χ0) is 13.6. The van der Waals surface area contributed by atoms with Gasteiger partial charge in [-0.15, -0.1) is 0 Å². The molecule has 1 fully saturated rings. The lowest BCUT2D eigenvalue weighted by molar-refractivity contribution is -0.174. The SMILES string of the molecule is O=C1c2ccccc2CC2C(C(F)(F)F)NCCN12. The van der Waals surface area contributed by atoms with E-state index in [1.165, 1.54) is 4.90 Å². The molecular weight excluding hydrogens is 257 g/mol. The van der Waals surface area contributed by atoms with Crippen LogP contribution in [0.4, 0.5) is 13.2 Å². The van der Waals surface area contributed by atoms with Crippen LogP contribution in [0, 0.1) is 0 Å². The van der Waals surface area contributed by atoms with Crippen molar-refractivity contribution < 1.29 is 18.0 Å². The lowest BCUT2D eigenvalue weighted by atomic mass is 9.88. The second-order valence-corrected chi connectivity index (χ2v) is 4.90. The number of halogens is 3. The molecule has 1 amide bonds. The Bertz CT molecular complexity index is 515. The molecular formula is C13H13F3N2O. The Kier molecular flexibility index (Phi) is 2.78. The van der Waals surface area contributed by atoms with E-state index in [1.807, 2.05) is 0 Å². The minimum atomic E-state index is -4.34. The lowest BCUT2D eigenvalue weighted by Crippen LogP contribution is -2.66. The monoisotopic (exact) mass is 270 g/mol. The molecule has 2 atom stereocenters. The Morgan fingerprint density at radius 2 is 2.00 bits per heavy atom. The quantitative estimate of drug-likeness (QED) is 0.776. The molecule has 0 aromatic heterocycles. The third-order valence-corrected chi connectivity index (χ3v) is 3.79. The van der Waals surface area contributed by atoms with Crippen molar-refractivity contribution in [1.82, 2.24) is 10.2 Å². The van der Waals surface area contributed by atoms with Gasteiger partial charge < -0.3 is 10.2 Å². The number of benzene rings is 1. The average molecular weight is 270 g/mol. The molecule has 102 valence electrons. The molecule has 0 saturated carbocycles. The summed E-state index contributed by atoms with van der Waals surface area (Å²) in [4.78, 5) is 13.6. The molecule has 2 aliphatic rings. The number of nitrogens with zero attached hydrogens (tertiary/aromatic N) is 1. The summed E-state index contributed by atoms with van der Waals surface area (Å²) in [6, 6.07) is 4.42. The van der Waals surface area contributed by atoms with Gasteiger partial charge in [-0.1, -0.05) is 18.2 Å². The summed E-state index contributed by atoms with van der Waals surface area (Å²) in [6.07, 6.45) is -4.09. The van der Waals surface area contributed by atoms with Crippen molar-refractivity contribution in [2.45, 2.75) is 24.7 Å². The van der Waals surface area contributed by atoms with Crippen LogP contribution < -0.4 is 5.32 Å². The van der Waals surface area contributed by atoms with Crippen molar-refractivity contribution in [2.24, 2.45) is 0 Å². The van der Waals surface area contributed by atoms with Gasteiger partial charge in [0, 0.05) is 18.7 Å². The molecule has 0 spiro atoms. The topological polar surface area (TPSA) is 32.3 Å². The first-order valence-corrected chi connectivity index (χ1v) is 6.17. The Balaban J connectivity index is 2.00. The number of hydrogen-bond donors (Lipinski definition) is 1. The van der Waals surface area contributed by atoms with E-state index in [9.17, 15) is 18.0 Å². The van der Waals surface area contributed by atoms with Gasteiger partial charge in [-0.3, -0.25) is 4.79 Å². The van der Waals surface area contributed by atoms with E-state index in [0.717, 1.165) is 0 Å². The lowest BCUT2D eigenvalue weighted by Gasteiger charge is -2.45. The first-order valence-electron chi connectivity index (χ1n) is 6.17. The number of hydrogen-bond acceptors (Lipinski definition) is 2. The molecule has 19 heavy (non-hydrogen) atoms. The van der Waals surface area contributed by atoms with Gasteiger partial charge in [-0.05, 0) is 18.1 Å². The zero-order valence-electron chi connectivity index (χ0n) is 10.1. The summed E-state index contributed by atoms with van der Waals surface area (Å²) in [6.45, 7) is 0.499. The van der Waals surface area contributed by atoms with Crippen molar-refractivity contribution in [3.8, 4) is 0 Å². The number of amides is 1. The van der Waals surface area contributed by atoms with Crippen LogP contribution in [0.25, 0.3) is 0 Å². The molecule has 0 bridgehead atoms. The summed E-state index contributed by atoms with van der Waals surface area (Å²) in [5.41, 5.74) is 1.23. The molecule has 2 heterocycles. The number of carbonyl (C=O) groups is 1. The fraction of sp³-hybridized carbons (Fsp3) is 0.462. The predicted molar refractivity (Wildman–Crippen MR) is 62.8 cm³/mol. The van der Waals surface area contributed by atoms with Crippen LogP contribution in [0.1, 0.15) is 15.9 Å². The van der Waals surface area contributed by atoms with Crippen LogP contribution in [0.3, 0.4) is 0 Å². The molecule has 1 N–H and O–H groups in total. The minimum absolute atomic E-state index is 0.175. The molecule has 1 aromatic carbocycles. The highest BCUT2D eigenvalue weighted by Gasteiger charge is 2.51. The van der Waals surface area contributed by atoms with Crippen LogP contribution in [0.2, 0.25) is 0 Å². The minimum Gasteiger partial charge on any atom is -0.332 e. The standard InChI is InChI=1S/C13H13F3N2O/c14-13(15,16)11-10-7-8-3-1-2-4-9(8)12(19)18(10)6-5-17-11/h1-4,10-11,17H,5-7H2. The van der Waals surface area contributed by atoms with Crippen LogP contribution in [0.5, 0.6) is 0 Å².